The van der Waals surface area contributed by atoms with Gasteiger partial charge in [0.1, 0.15) is 4.60 Å². The van der Waals surface area contributed by atoms with E-state index in [1.165, 1.54) is 0 Å². The molecule has 1 aromatic carbocycles. The molecule has 0 bridgehead atoms. The molecule has 21 heavy (non-hydrogen) atoms. The Labute approximate surface area is 131 Å². The van der Waals surface area contributed by atoms with E-state index in [0.29, 0.717) is 5.56 Å². The van der Waals surface area contributed by atoms with E-state index in [2.05, 4.69) is 26.2 Å². The minimum atomic E-state index is -0.349. The van der Waals surface area contributed by atoms with E-state index in [0.717, 1.165) is 21.5 Å². The molecule has 0 spiro atoms. The van der Waals surface area contributed by atoms with Gasteiger partial charge >= 0.3 is 0 Å². The number of aromatic nitrogens is 1. The molecular formula is C15H16BrN3O2. The van der Waals surface area contributed by atoms with E-state index >= 15 is 0 Å². The summed E-state index contributed by atoms with van der Waals surface area (Å²) in [6.45, 7) is 5.62. The zero-order valence-corrected chi connectivity index (χ0v) is 13.6. The third kappa shape index (κ3) is 3.58. The highest BCUT2D eigenvalue weighted by Gasteiger charge is 2.15. The van der Waals surface area contributed by atoms with Crippen LogP contribution in [0, 0.1) is 24.0 Å². The van der Waals surface area contributed by atoms with Gasteiger partial charge in [-0.15, -0.1) is 0 Å². The smallest absolute Gasteiger partial charge is 0.272 e. The number of nitro benzene ring substituents is 1. The minimum absolute atomic E-state index is 0.0500. The maximum atomic E-state index is 11.0. The number of aryl methyl sites for hydroxylation is 2. The minimum Gasteiger partial charge on any atom is -0.377 e. The van der Waals surface area contributed by atoms with Gasteiger partial charge in [0.05, 0.1) is 16.3 Å². The first-order valence-electron chi connectivity index (χ1n) is 6.53. The second-order valence-electron chi connectivity index (χ2n) is 4.94. The van der Waals surface area contributed by atoms with Crippen molar-refractivity contribution >= 4 is 27.3 Å². The van der Waals surface area contributed by atoms with E-state index in [-0.39, 0.29) is 16.7 Å². The number of pyridine rings is 1. The second-order valence-corrected chi connectivity index (χ2v) is 5.75. The molecule has 110 valence electrons. The summed E-state index contributed by atoms with van der Waals surface area (Å²) in [6, 6.07) is 9.05. The summed E-state index contributed by atoms with van der Waals surface area (Å²) < 4.78 is 0.782. The van der Waals surface area contributed by atoms with Gasteiger partial charge in [0.2, 0.25) is 0 Å². The Bertz CT molecular complexity index is 689. The van der Waals surface area contributed by atoms with Crippen LogP contribution in [0.5, 0.6) is 0 Å². The molecule has 1 unspecified atom stereocenters. The van der Waals surface area contributed by atoms with Crippen LogP contribution in [-0.4, -0.2) is 9.91 Å². The lowest BCUT2D eigenvalue weighted by Gasteiger charge is -2.17. The SMILES string of the molecule is Cc1ccc(C(C)Nc2ccc(Br)nc2C)cc1[N+](=O)[O-]. The van der Waals surface area contributed by atoms with Crippen molar-refractivity contribution in [3.63, 3.8) is 0 Å². The fourth-order valence-corrected chi connectivity index (χ4v) is 2.49. The number of rotatable bonds is 4. The lowest BCUT2D eigenvalue weighted by molar-refractivity contribution is -0.385. The van der Waals surface area contributed by atoms with Gasteiger partial charge in [-0.25, -0.2) is 4.98 Å². The highest BCUT2D eigenvalue weighted by atomic mass is 79.9. The zero-order chi connectivity index (χ0) is 15.6. The largest absolute Gasteiger partial charge is 0.377 e. The van der Waals surface area contributed by atoms with Crippen LogP contribution in [0.3, 0.4) is 0 Å². The van der Waals surface area contributed by atoms with Crippen LogP contribution >= 0.6 is 15.9 Å². The van der Waals surface area contributed by atoms with Crippen molar-refractivity contribution in [3.8, 4) is 0 Å². The Hall–Kier alpha value is -1.95. The lowest BCUT2D eigenvalue weighted by atomic mass is 10.0. The molecule has 0 aliphatic carbocycles. The normalized spacial score (nSPS) is 12.0. The summed E-state index contributed by atoms with van der Waals surface area (Å²) in [5.74, 6) is 0. The molecule has 0 saturated carbocycles. The van der Waals surface area contributed by atoms with Crippen molar-refractivity contribution in [2.75, 3.05) is 5.32 Å². The molecule has 2 rings (SSSR count). The number of benzene rings is 1. The molecule has 1 atom stereocenters. The van der Waals surface area contributed by atoms with Gasteiger partial charge in [-0.1, -0.05) is 12.1 Å². The molecule has 0 aliphatic heterocycles. The highest BCUT2D eigenvalue weighted by Crippen LogP contribution is 2.26. The van der Waals surface area contributed by atoms with Crippen molar-refractivity contribution in [2.45, 2.75) is 26.8 Å². The summed E-state index contributed by atoms with van der Waals surface area (Å²) in [4.78, 5) is 15.0. The summed E-state index contributed by atoms with van der Waals surface area (Å²) in [7, 11) is 0. The van der Waals surface area contributed by atoms with E-state index < -0.39 is 0 Å². The zero-order valence-electron chi connectivity index (χ0n) is 12.1. The Balaban J connectivity index is 2.26. The van der Waals surface area contributed by atoms with Crippen molar-refractivity contribution in [1.29, 1.82) is 0 Å². The quantitative estimate of drug-likeness (QED) is 0.499. The van der Waals surface area contributed by atoms with Gasteiger partial charge in [-0.2, -0.15) is 0 Å². The van der Waals surface area contributed by atoms with Crippen molar-refractivity contribution in [2.24, 2.45) is 0 Å². The predicted molar refractivity (Wildman–Crippen MR) is 86.5 cm³/mol. The Morgan fingerprint density at radius 2 is 2.00 bits per heavy atom. The lowest BCUT2D eigenvalue weighted by Crippen LogP contribution is -2.09. The fraction of sp³-hybridized carbons (Fsp3) is 0.267. The maximum Gasteiger partial charge on any atom is 0.272 e. The van der Waals surface area contributed by atoms with Crippen LogP contribution in [0.4, 0.5) is 11.4 Å². The molecule has 1 aromatic heterocycles. The first-order chi connectivity index (χ1) is 9.88. The first-order valence-corrected chi connectivity index (χ1v) is 7.32. The van der Waals surface area contributed by atoms with E-state index in [1.807, 2.05) is 32.0 Å². The number of hydrogen-bond acceptors (Lipinski definition) is 4. The van der Waals surface area contributed by atoms with Crippen LogP contribution in [0.1, 0.15) is 29.8 Å². The topological polar surface area (TPSA) is 68.1 Å². The highest BCUT2D eigenvalue weighted by molar-refractivity contribution is 9.10. The van der Waals surface area contributed by atoms with Gasteiger partial charge in [0, 0.05) is 17.7 Å². The number of nitrogens with zero attached hydrogens (tertiary/aromatic N) is 2. The summed E-state index contributed by atoms with van der Waals surface area (Å²) in [6.07, 6.45) is 0. The van der Waals surface area contributed by atoms with Crippen LogP contribution in [0.25, 0.3) is 0 Å². The van der Waals surface area contributed by atoms with Gasteiger partial charge < -0.3 is 5.32 Å². The molecule has 0 aliphatic rings. The molecule has 2 aromatic rings. The average Bonchev–Trinajstić information content (AvgIpc) is 2.42. The van der Waals surface area contributed by atoms with Crippen LogP contribution < -0.4 is 5.32 Å². The molecule has 0 saturated heterocycles. The van der Waals surface area contributed by atoms with Crippen molar-refractivity contribution in [1.82, 2.24) is 4.98 Å². The van der Waals surface area contributed by atoms with E-state index in [4.69, 9.17) is 0 Å². The second kappa shape index (κ2) is 6.22. The Morgan fingerprint density at radius 1 is 1.29 bits per heavy atom. The Kier molecular flexibility index (Phi) is 4.57. The van der Waals surface area contributed by atoms with Crippen LogP contribution in [0.15, 0.2) is 34.9 Å². The third-order valence-electron chi connectivity index (χ3n) is 3.35. The molecule has 5 nitrogen and oxygen atoms in total. The first kappa shape index (κ1) is 15.4. The monoisotopic (exact) mass is 349 g/mol. The molecule has 0 radical (unpaired) electrons. The van der Waals surface area contributed by atoms with Crippen LogP contribution in [-0.2, 0) is 0 Å². The van der Waals surface area contributed by atoms with Crippen LogP contribution in [0.2, 0.25) is 0 Å². The maximum absolute atomic E-state index is 11.0. The summed E-state index contributed by atoms with van der Waals surface area (Å²) in [5.41, 5.74) is 3.46. The molecular weight excluding hydrogens is 334 g/mol. The third-order valence-corrected chi connectivity index (χ3v) is 3.80. The summed E-state index contributed by atoms with van der Waals surface area (Å²) >= 11 is 3.33. The number of anilines is 1. The fourth-order valence-electron chi connectivity index (χ4n) is 2.09. The average molecular weight is 350 g/mol. The van der Waals surface area contributed by atoms with Gasteiger partial charge in [-0.05, 0) is 54.4 Å². The molecule has 6 heteroatoms. The van der Waals surface area contributed by atoms with Crippen molar-refractivity contribution < 1.29 is 4.92 Å². The summed E-state index contributed by atoms with van der Waals surface area (Å²) in [5, 5.41) is 14.3. The molecule has 0 amide bonds. The van der Waals surface area contributed by atoms with E-state index in [1.54, 1.807) is 19.1 Å². The molecule has 1 heterocycles. The van der Waals surface area contributed by atoms with E-state index in [9.17, 15) is 10.1 Å². The number of nitrogens with one attached hydrogen (secondary N) is 1. The van der Waals surface area contributed by atoms with Gasteiger partial charge in [0.15, 0.2) is 0 Å². The predicted octanol–water partition coefficient (Wildman–Crippen LogP) is 4.54. The van der Waals surface area contributed by atoms with Gasteiger partial charge in [0.25, 0.3) is 5.69 Å². The molecule has 1 N–H and O–H groups in total. The number of nitro groups is 1. The van der Waals surface area contributed by atoms with Crippen molar-refractivity contribution in [3.05, 3.63) is 61.9 Å². The van der Waals surface area contributed by atoms with Gasteiger partial charge in [-0.3, -0.25) is 10.1 Å². The Morgan fingerprint density at radius 3 is 2.62 bits per heavy atom. The standard InChI is InChI=1S/C15H16BrN3O2/c1-9-4-5-12(8-14(9)19(20)21)10(2)17-13-6-7-15(16)18-11(13)3/h4-8,10,17H,1-3H3. The number of hydrogen-bond donors (Lipinski definition) is 1. The number of halogens is 1. The molecule has 0 fully saturated rings.